The fourth-order valence-corrected chi connectivity index (χ4v) is 6.13. The van der Waals surface area contributed by atoms with Crippen LogP contribution >= 0.6 is 0 Å². The molecule has 0 aromatic heterocycles. The van der Waals surface area contributed by atoms with Crippen molar-refractivity contribution in [1.29, 1.82) is 0 Å². The highest BCUT2D eigenvalue weighted by atomic mass is 16.6. The lowest BCUT2D eigenvalue weighted by Crippen LogP contribution is -2.61. The van der Waals surface area contributed by atoms with Gasteiger partial charge < -0.3 is 38.5 Å². The van der Waals surface area contributed by atoms with Crippen LogP contribution in [0.1, 0.15) is 49.0 Å². The Hall–Kier alpha value is -1.63. The van der Waals surface area contributed by atoms with E-state index in [1.165, 1.54) is 18.4 Å². The topological polar surface area (TPSA) is 97.0 Å². The van der Waals surface area contributed by atoms with Crippen molar-refractivity contribution >= 4 is 11.5 Å². The summed E-state index contributed by atoms with van der Waals surface area (Å²) in [5, 5.41) is 3.48. The Morgan fingerprint density at radius 1 is 0.814 bits per heavy atom. The van der Waals surface area contributed by atoms with Crippen molar-refractivity contribution < 1.29 is 38.0 Å². The highest BCUT2D eigenvalue weighted by molar-refractivity contribution is 6.04. The lowest BCUT2D eigenvalue weighted by atomic mass is 9.58. The number of nitrogens with one attached hydrogen (secondary N) is 1. The second kappa shape index (κ2) is 18.4. The van der Waals surface area contributed by atoms with Crippen molar-refractivity contribution in [1.82, 2.24) is 4.90 Å². The quantitative estimate of drug-likeness (QED) is 0.176. The fourth-order valence-electron chi connectivity index (χ4n) is 6.13. The number of benzene rings is 1. The third-order valence-corrected chi connectivity index (χ3v) is 9.02. The first-order valence-corrected chi connectivity index (χ1v) is 16.2. The minimum absolute atomic E-state index is 0.0283. The molecule has 0 radical (unpaired) electrons. The number of piperidine rings is 1. The third-order valence-electron chi connectivity index (χ3n) is 9.02. The van der Waals surface area contributed by atoms with Gasteiger partial charge >= 0.3 is 0 Å². The van der Waals surface area contributed by atoms with Crippen LogP contribution < -0.4 is 5.32 Å². The molecule has 1 aromatic rings. The molecule has 0 amide bonds. The van der Waals surface area contributed by atoms with Crippen LogP contribution in [0.2, 0.25) is 0 Å². The predicted octanol–water partition coefficient (Wildman–Crippen LogP) is 3.42. The van der Waals surface area contributed by atoms with Gasteiger partial charge in [0.15, 0.2) is 5.78 Å². The van der Waals surface area contributed by atoms with E-state index in [0.29, 0.717) is 104 Å². The highest BCUT2D eigenvalue weighted by Gasteiger charge is 2.52. The molecule has 2 fully saturated rings. The van der Waals surface area contributed by atoms with Crippen molar-refractivity contribution in [3.8, 4) is 0 Å². The molecule has 0 spiro atoms. The molecular weight excluding hydrogens is 552 g/mol. The van der Waals surface area contributed by atoms with Crippen LogP contribution in [0.3, 0.4) is 0 Å². The highest BCUT2D eigenvalue weighted by Crippen LogP contribution is 2.49. The SMILES string of the molecule is COCCOCCOCCOCCOCCOCCOCCNc1ccc2c(c1)[C@@]1(C)CCN(CC3CC3)[C@H](C2=O)[C@@H]1C. The van der Waals surface area contributed by atoms with Gasteiger partial charge in [-0.1, -0.05) is 13.8 Å². The first kappa shape index (κ1) is 34.2. The molecule has 2 aliphatic carbocycles. The summed E-state index contributed by atoms with van der Waals surface area (Å²) in [6, 6.07) is 6.32. The zero-order valence-electron chi connectivity index (χ0n) is 26.6. The molecule has 10 nitrogen and oxygen atoms in total. The first-order valence-electron chi connectivity index (χ1n) is 16.2. The second-order valence-electron chi connectivity index (χ2n) is 12.1. The second-order valence-corrected chi connectivity index (χ2v) is 12.1. The summed E-state index contributed by atoms with van der Waals surface area (Å²) in [7, 11) is 1.65. The number of hydrogen-bond donors (Lipinski definition) is 1. The summed E-state index contributed by atoms with van der Waals surface area (Å²) < 4.78 is 37.9. The van der Waals surface area contributed by atoms with E-state index in [1.807, 2.05) is 12.1 Å². The molecule has 2 bridgehead atoms. The van der Waals surface area contributed by atoms with E-state index < -0.39 is 0 Å². The number of carbonyl (C=O) groups excluding carboxylic acids is 1. The van der Waals surface area contributed by atoms with Gasteiger partial charge in [-0.05, 0) is 66.8 Å². The minimum atomic E-state index is 0.0283. The molecular formula is C33H54N2O8. The van der Waals surface area contributed by atoms with E-state index >= 15 is 0 Å². The smallest absolute Gasteiger partial charge is 0.180 e. The lowest BCUT2D eigenvalue weighted by Gasteiger charge is -2.53. The number of hydrogen-bond acceptors (Lipinski definition) is 10. The molecule has 1 saturated heterocycles. The van der Waals surface area contributed by atoms with Crippen LogP contribution in [-0.4, -0.2) is 129 Å². The Labute approximate surface area is 258 Å². The Balaban J connectivity index is 0.989. The molecule has 1 saturated carbocycles. The summed E-state index contributed by atoms with van der Waals surface area (Å²) in [5.74, 6) is 1.44. The maximum absolute atomic E-state index is 13.5. The number of ketones is 1. The normalized spacial score (nSPS) is 23.5. The lowest BCUT2D eigenvalue weighted by molar-refractivity contribution is -0.0187. The van der Waals surface area contributed by atoms with Gasteiger partial charge in [-0.25, -0.2) is 0 Å². The molecule has 3 aliphatic rings. The monoisotopic (exact) mass is 606 g/mol. The number of Topliss-reactive ketones (excluding diaryl/α,β-unsaturated/α-hetero) is 1. The van der Waals surface area contributed by atoms with Gasteiger partial charge in [0.25, 0.3) is 0 Å². The summed E-state index contributed by atoms with van der Waals surface area (Å²) in [4.78, 5) is 16.0. The largest absolute Gasteiger partial charge is 0.383 e. The molecule has 4 rings (SSSR count). The number of likely N-dealkylation sites (tertiary alicyclic amines) is 1. The van der Waals surface area contributed by atoms with Crippen LogP contribution in [0, 0.1) is 11.8 Å². The Morgan fingerprint density at radius 2 is 1.35 bits per heavy atom. The van der Waals surface area contributed by atoms with E-state index in [2.05, 4.69) is 30.1 Å². The van der Waals surface area contributed by atoms with Crippen LogP contribution in [-0.2, 0) is 38.6 Å². The zero-order valence-corrected chi connectivity index (χ0v) is 26.6. The summed E-state index contributed by atoms with van der Waals surface area (Å²) in [6.07, 6.45) is 3.75. The van der Waals surface area contributed by atoms with Crippen molar-refractivity contribution in [3.63, 3.8) is 0 Å². The summed E-state index contributed by atoms with van der Waals surface area (Å²) in [6.45, 7) is 14.6. The molecule has 1 heterocycles. The Bertz CT molecular complexity index is 961. The van der Waals surface area contributed by atoms with E-state index in [0.717, 1.165) is 36.7 Å². The van der Waals surface area contributed by atoms with Crippen LogP contribution in [0.25, 0.3) is 0 Å². The number of fused-ring (bicyclic) bond motifs is 4. The van der Waals surface area contributed by atoms with Gasteiger partial charge in [-0.2, -0.15) is 0 Å². The standard InChI is InChI=1S/C33H54N2O8/c1-26-31-32(36)29-7-6-28(24-30(29)33(26,2)8-10-35(31)25-27-4-5-27)34-9-11-38-14-15-40-18-19-42-22-23-43-21-20-41-17-16-39-13-12-37-3/h6-7,24,26-27,31,34H,4-5,8-23,25H2,1-3H3/t26-,31-,33-/m0/s1. The predicted molar refractivity (Wildman–Crippen MR) is 165 cm³/mol. The van der Waals surface area contributed by atoms with Crippen molar-refractivity contribution in [3.05, 3.63) is 29.3 Å². The molecule has 1 aliphatic heterocycles. The number of nitrogens with zero attached hydrogens (tertiary/aromatic N) is 1. The molecule has 43 heavy (non-hydrogen) atoms. The van der Waals surface area contributed by atoms with Gasteiger partial charge in [0.1, 0.15) is 0 Å². The number of anilines is 1. The maximum Gasteiger partial charge on any atom is 0.180 e. The molecule has 3 atom stereocenters. The molecule has 0 unspecified atom stereocenters. The molecule has 244 valence electrons. The molecule has 1 aromatic carbocycles. The fraction of sp³-hybridized carbons (Fsp3) is 0.788. The van der Waals surface area contributed by atoms with Gasteiger partial charge in [-0.3, -0.25) is 9.69 Å². The van der Waals surface area contributed by atoms with E-state index in [1.54, 1.807) is 7.11 Å². The Kier molecular flexibility index (Phi) is 14.6. The van der Waals surface area contributed by atoms with Crippen LogP contribution in [0.15, 0.2) is 18.2 Å². The van der Waals surface area contributed by atoms with Crippen molar-refractivity contribution in [2.45, 2.75) is 44.6 Å². The van der Waals surface area contributed by atoms with Crippen LogP contribution in [0.5, 0.6) is 0 Å². The van der Waals surface area contributed by atoms with Gasteiger partial charge in [0.2, 0.25) is 0 Å². The molecule has 10 heteroatoms. The number of rotatable bonds is 24. The summed E-state index contributed by atoms with van der Waals surface area (Å²) >= 11 is 0. The van der Waals surface area contributed by atoms with Gasteiger partial charge in [-0.15, -0.1) is 0 Å². The van der Waals surface area contributed by atoms with E-state index in [4.69, 9.17) is 33.2 Å². The summed E-state index contributed by atoms with van der Waals surface area (Å²) in [5.41, 5.74) is 3.22. The Morgan fingerprint density at radius 3 is 1.88 bits per heavy atom. The average molecular weight is 607 g/mol. The zero-order chi connectivity index (χ0) is 30.3. The van der Waals surface area contributed by atoms with Crippen LogP contribution in [0.4, 0.5) is 5.69 Å². The van der Waals surface area contributed by atoms with E-state index in [9.17, 15) is 4.79 Å². The minimum Gasteiger partial charge on any atom is -0.383 e. The van der Waals surface area contributed by atoms with Gasteiger partial charge in [0, 0.05) is 31.5 Å². The average Bonchev–Trinajstić information content (AvgIpc) is 3.83. The number of methoxy groups -OCH3 is 1. The van der Waals surface area contributed by atoms with Gasteiger partial charge in [0.05, 0.1) is 91.9 Å². The number of ether oxygens (including phenoxy) is 7. The maximum atomic E-state index is 13.5. The van der Waals surface area contributed by atoms with E-state index in [-0.39, 0.29) is 11.5 Å². The van der Waals surface area contributed by atoms with Crippen molar-refractivity contribution in [2.24, 2.45) is 11.8 Å². The third kappa shape index (κ3) is 10.5. The number of carbonyl (C=O) groups is 1. The molecule has 1 N–H and O–H groups in total. The first-order chi connectivity index (χ1) is 21.0. The van der Waals surface area contributed by atoms with Crippen molar-refractivity contribution in [2.75, 3.05) is 118 Å².